The Bertz CT molecular complexity index is 636. The second-order valence-electron chi connectivity index (χ2n) is 6.27. The van der Waals surface area contributed by atoms with E-state index in [0.29, 0.717) is 0 Å². The highest BCUT2D eigenvalue weighted by atomic mass is 16.2. The molecule has 1 heterocycles. The number of carbonyl (C=O) groups excluding carboxylic acids is 1. The van der Waals surface area contributed by atoms with Crippen LogP contribution in [0.15, 0.2) is 54.6 Å². The second-order valence-corrected chi connectivity index (χ2v) is 6.27. The Labute approximate surface area is 138 Å². The molecule has 3 rings (SSSR count). The Morgan fingerprint density at radius 1 is 1.00 bits per heavy atom. The van der Waals surface area contributed by atoms with Crippen molar-refractivity contribution in [3.8, 4) is 0 Å². The molecule has 120 valence electrons. The fourth-order valence-electron chi connectivity index (χ4n) is 3.20. The summed E-state index contributed by atoms with van der Waals surface area (Å²) in [6.07, 6.45) is 4.47. The number of hydrogen-bond donors (Lipinski definition) is 1. The summed E-state index contributed by atoms with van der Waals surface area (Å²) < 4.78 is 0. The molecule has 0 radical (unpaired) electrons. The van der Waals surface area contributed by atoms with Crippen LogP contribution < -0.4 is 5.32 Å². The molecular weight excluding hydrogens is 284 g/mol. The van der Waals surface area contributed by atoms with E-state index in [1.807, 2.05) is 35.2 Å². The molecular formula is C20H24N2O. The van der Waals surface area contributed by atoms with Gasteiger partial charge in [-0.15, -0.1) is 0 Å². The first-order valence-corrected chi connectivity index (χ1v) is 8.43. The van der Waals surface area contributed by atoms with Crippen molar-refractivity contribution in [1.82, 2.24) is 4.90 Å². The lowest BCUT2D eigenvalue weighted by Gasteiger charge is -2.30. The topological polar surface area (TPSA) is 32.3 Å². The Hall–Kier alpha value is -2.29. The van der Waals surface area contributed by atoms with Gasteiger partial charge in [-0.05, 0) is 37.5 Å². The number of rotatable bonds is 2. The third-order valence-corrected chi connectivity index (χ3v) is 4.50. The number of carbonyl (C=O) groups is 1. The summed E-state index contributed by atoms with van der Waals surface area (Å²) in [5.74, 6) is 0. The molecule has 23 heavy (non-hydrogen) atoms. The maximum absolute atomic E-state index is 12.8. The van der Waals surface area contributed by atoms with Crippen LogP contribution in [-0.2, 0) is 0 Å². The van der Waals surface area contributed by atoms with Crippen LogP contribution in [0.4, 0.5) is 10.5 Å². The molecule has 1 N–H and O–H groups in total. The highest BCUT2D eigenvalue weighted by Crippen LogP contribution is 2.30. The van der Waals surface area contributed by atoms with E-state index in [0.717, 1.165) is 25.1 Å². The molecule has 2 amide bonds. The first-order chi connectivity index (χ1) is 11.2. The van der Waals surface area contributed by atoms with Gasteiger partial charge in [0.2, 0.25) is 0 Å². The van der Waals surface area contributed by atoms with Gasteiger partial charge in [0.1, 0.15) is 0 Å². The Morgan fingerprint density at radius 3 is 2.48 bits per heavy atom. The molecule has 3 heteroatoms. The van der Waals surface area contributed by atoms with Crippen LogP contribution in [0, 0.1) is 6.92 Å². The van der Waals surface area contributed by atoms with Crippen LogP contribution in [-0.4, -0.2) is 17.5 Å². The van der Waals surface area contributed by atoms with Crippen LogP contribution >= 0.6 is 0 Å². The van der Waals surface area contributed by atoms with Crippen LogP contribution in [0.5, 0.6) is 0 Å². The van der Waals surface area contributed by atoms with E-state index in [-0.39, 0.29) is 12.1 Å². The number of aryl methyl sites for hydroxylation is 1. The van der Waals surface area contributed by atoms with E-state index < -0.39 is 0 Å². The quantitative estimate of drug-likeness (QED) is 0.818. The maximum atomic E-state index is 12.8. The van der Waals surface area contributed by atoms with E-state index in [9.17, 15) is 4.79 Å². The summed E-state index contributed by atoms with van der Waals surface area (Å²) in [4.78, 5) is 14.8. The molecule has 1 aliphatic heterocycles. The van der Waals surface area contributed by atoms with E-state index in [1.54, 1.807) is 0 Å². The summed E-state index contributed by atoms with van der Waals surface area (Å²) in [5, 5.41) is 3.04. The van der Waals surface area contributed by atoms with Crippen LogP contribution in [0.3, 0.4) is 0 Å². The van der Waals surface area contributed by atoms with Gasteiger partial charge in [0.25, 0.3) is 0 Å². The zero-order valence-corrected chi connectivity index (χ0v) is 13.7. The third-order valence-electron chi connectivity index (χ3n) is 4.50. The lowest BCUT2D eigenvalue weighted by atomic mass is 10.00. The zero-order chi connectivity index (χ0) is 16.1. The number of urea groups is 1. The van der Waals surface area contributed by atoms with E-state index in [4.69, 9.17) is 0 Å². The number of likely N-dealkylation sites (tertiary alicyclic amines) is 1. The zero-order valence-electron chi connectivity index (χ0n) is 13.7. The fourth-order valence-corrected chi connectivity index (χ4v) is 3.20. The molecule has 2 aromatic carbocycles. The van der Waals surface area contributed by atoms with Crippen molar-refractivity contribution in [2.24, 2.45) is 0 Å². The number of para-hydroxylation sites is 1. The minimum absolute atomic E-state index is 0.00340. The molecule has 0 saturated carbocycles. The highest BCUT2D eigenvalue weighted by Gasteiger charge is 2.26. The van der Waals surface area contributed by atoms with Crippen molar-refractivity contribution in [2.45, 2.75) is 38.6 Å². The first kappa shape index (κ1) is 15.6. The number of hydrogen-bond acceptors (Lipinski definition) is 1. The van der Waals surface area contributed by atoms with Crippen molar-refractivity contribution < 1.29 is 4.79 Å². The molecule has 1 aliphatic rings. The van der Waals surface area contributed by atoms with E-state index in [2.05, 4.69) is 36.5 Å². The molecule has 0 bridgehead atoms. The molecule has 2 aromatic rings. The second kappa shape index (κ2) is 7.32. The predicted molar refractivity (Wildman–Crippen MR) is 94.6 cm³/mol. The van der Waals surface area contributed by atoms with Crippen molar-refractivity contribution in [3.05, 3.63) is 65.7 Å². The number of nitrogens with zero attached hydrogens (tertiary/aromatic N) is 1. The minimum atomic E-state index is 0.00340. The summed E-state index contributed by atoms with van der Waals surface area (Å²) in [7, 11) is 0. The largest absolute Gasteiger partial charge is 0.322 e. The number of amides is 2. The molecule has 0 aromatic heterocycles. The molecule has 0 spiro atoms. The SMILES string of the molecule is Cc1ccc([C@H]2CCCCCN2C(=O)Nc2ccccc2)cc1. The number of nitrogens with one attached hydrogen (secondary N) is 1. The third kappa shape index (κ3) is 3.92. The molecule has 0 unspecified atom stereocenters. The van der Waals surface area contributed by atoms with Gasteiger partial charge in [0.05, 0.1) is 6.04 Å². The molecule has 0 aliphatic carbocycles. The van der Waals surface area contributed by atoms with Gasteiger partial charge in [-0.3, -0.25) is 0 Å². The Morgan fingerprint density at radius 2 is 1.74 bits per heavy atom. The van der Waals surface area contributed by atoms with Gasteiger partial charge < -0.3 is 10.2 Å². The summed E-state index contributed by atoms with van der Waals surface area (Å²) in [5.41, 5.74) is 3.34. The van der Waals surface area contributed by atoms with Crippen LogP contribution in [0.1, 0.15) is 42.9 Å². The molecule has 3 nitrogen and oxygen atoms in total. The molecule has 1 saturated heterocycles. The summed E-state index contributed by atoms with van der Waals surface area (Å²) >= 11 is 0. The van der Waals surface area contributed by atoms with Crippen LogP contribution in [0.25, 0.3) is 0 Å². The standard InChI is InChI=1S/C20H24N2O/c1-16-11-13-17(14-12-16)19-10-6-3-7-15-22(19)20(23)21-18-8-4-2-5-9-18/h2,4-5,8-9,11-14,19H,3,6-7,10,15H2,1H3,(H,21,23)/t19-/m1/s1. The van der Waals surface area contributed by atoms with Crippen molar-refractivity contribution >= 4 is 11.7 Å². The van der Waals surface area contributed by atoms with Gasteiger partial charge in [-0.1, -0.05) is 60.9 Å². The average Bonchev–Trinajstić information content (AvgIpc) is 2.82. The Balaban J connectivity index is 1.80. The number of anilines is 1. The lowest BCUT2D eigenvalue weighted by molar-refractivity contribution is 0.189. The van der Waals surface area contributed by atoms with Gasteiger partial charge in [0, 0.05) is 12.2 Å². The maximum Gasteiger partial charge on any atom is 0.322 e. The van der Waals surface area contributed by atoms with Gasteiger partial charge in [-0.25, -0.2) is 4.79 Å². The lowest BCUT2D eigenvalue weighted by Crippen LogP contribution is -2.38. The highest BCUT2D eigenvalue weighted by molar-refractivity contribution is 5.89. The normalized spacial score (nSPS) is 18.3. The van der Waals surface area contributed by atoms with Crippen LogP contribution in [0.2, 0.25) is 0 Å². The monoisotopic (exact) mass is 308 g/mol. The summed E-state index contributed by atoms with van der Waals surface area (Å²) in [6.45, 7) is 2.91. The smallest absolute Gasteiger partial charge is 0.317 e. The van der Waals surface area contributed by atoms with Crippen molar-refractivity contribution in [2.75, 3.05) is 11.9 Å². The van der Waals surface area contributed by atoms with E-state index in [1.165, 1.54) is 24.0 Å². The van der Waals surface area contributed by atoms with Crippen molar-refractivity contribution in [3.63, 3.8) is 0 Å². The van der Waals surface area contributed by atoms with Crippen molar-refractivity contribution in [1.29, 1.82) is 0 Å². The van der Waals surface area contributed by atoms with Gasteiger partial charge in [0.15, 0.2) is 0 Å². The minimum Gasteiger partial charge on any atom is -0.317 e. The predicted octanol–water partition coefficient (Wildman–Crippen LogP) is 5.14. The average molecular weight is 308 g/mol. The Kier molecular flexibility index (Phi) is 4.96. The first-order valence-electron chi connectivity index (χ1n) is 8.43. The van der Waals surface area contributed by atoms with Gasteiger partial charge >= 0.3 is 6.03 Å². The molecule has 1 fully saturated rings. The summed E-state index contributed by atoms with van der Waals surface area (Å²) in [6, 6.07) is 18.4. The van der Waals surface area contributed by atoms with E-state index >= 15 is 0 Å². The fraction of sp³-hybridized carbons (Fsp3) is 0.350. The molecule has 1 atom stereocenters. The van der Waals surface area contributed by atoms with Gasteiger partial charge in [-0.2, -0.15) is 0 Å². The number of benzene rings is 2.